The molecule has 53 valence electrons. The zero-order valence-electron chi connectivity index (χ0n) is 6.17. The molecule has 1 radical (unpaired) electrons. The number of hydrogen-bond acceptors (Lipinski definition) is 2. The van der Waals surface area contributed by atoms with Crippen LogP contribution in [0.2, 0.25) is 0 Å². The molecule has 0 aliphatic carbocycles. The van der Waals surface area contributed by atoms with Gasteiger partial charge in [-0.25, -0.2) is 0 Å². The molecule has 2 heteroatoms. The Hall–Kier alpha value is -0.920. The molecule has 0 spiro atoms. The van der Waals surface area contributed by atoms with E-state index in [1.54, 1.807) is 12.4 Å². The van der Waals surface area contributed by atoms with Gasteiger partial charge in [0, 0.05) is 12.4 Å². The van der Waals surface area contributed by atoms with E-state index in [9.17, 15) is 0 Å². The number of hydrogen-bond donors (Lipinski definition) is 0. The average molecular weight is 135 g/mol. The highest BCUT2D eigenvalue weighted by atomic mass is 14.8. The molecular formula is C8H11N2. The van der Waals surface area contributed by atoms with Gasteiger partial charge in [0.25, 0.3) is 0 Å². The Bertz CT molecular complexity index is 172. The quantitative estimate of drug-likeness (QED) is 0.629. The molecule has 0 atom stereocenters. The summed E-state index contributed by atoms with van der Waals surface area (Å²) < 4.78 is 0. The summed E-state index contributed by atoms with van der Waals surface area (Å²) in [5.74, 6) is 0. The smallest absolute Gasteiger partial charge is 0.112 e. The van der Waals surface area contributed by atoms with Crippen LogP contribution in [0.4, 0.5) is 0 Å². The number of aromatic nitrogens is 2. The molecule has 1 aromatic rings. The van der Waals surface area contributed by atoms with Gasteiger partial charge in [-0.05, 0) is 12.8 Å². The number of nitrogens with zero attached hydrogens (tertiary/aromatic N) is 2. The van der Waals surface area contributed by atoms with E-state index in [0.717, 1.165) is 12.1 Å². The second-order valence-corrected chi connectivity index (χ2v) is 2.22. The standard InChI is InChI=1S/C8H11N2/c1-2-3-4-8-7-9-5-6-10-8/h5-6H,2-4H2,1H3. The molecule has 0 aliphatic heterocycles. The SMILES string of the molecule is CCCCc1[c]nccn1. The van der Waals surface area contributed by atoms with Gasteiger partial charge in [-0.1, -0.05) is 13.3 Å². The van der Waals surface area contributed by atoms with Gasteiger partial charge in [0.15, 0.2) is 0 Å². The summed E-state index contributed by atoms with van der Waals surface area (Å²) in [5, 5.41) is 0. The first-order valence-corrected chi connectivity index (χ1v) is 3.61. The van der Waals surface area contributed by atoms with Crippen molar-refractivity contribution < 1.29 is 0 Å². The molecule has 1 heterocycles. The van der Waals surface area contributed by atoms with Crippen molar-refractivity contribution in [2.45, 2.75) is 26.2 Å². The zero-order chi connectivity index (χ0) is 7.23. The molecule has 1 rings (SSSR count). The first kappa shape index (κ1) is 7.19. The number of unbranched alkanes of at least 4 members (excludes halogenated alkanes) is 1. The zero-order valence-corrected chi connectivity index (χ0v) is 6.17. The van der Waals surface area contributed by atoms with Crippen LogP contribution in [0.5, 0.6) is 0 Å². The van der Waals surface area contributed by atoms with E-state index in [0.29, 0.717) is 0 Å². The predicted molar refractivity (Wildman–Crippen MR) is 39.5 cm³/mol. The highest BCUT2D eigenvalue weighted by Crippen LogP contribution is 1.97. The van der Waals surface area contributed by atoms with E-state index in [4.69, 9.17) is 0 Å². The molecule has 0 saturated heterocycles. The molecule has 0 N–H and O–H groups in total. The lowest BCUT2D eigenvalue weighted by Crippen LogP contribution is -1.89. The molecule has 1 aromatic heterocycles. The fraction of sp³-hybridized carbons (Fsp3) is 0.500. The van der Waals surface area contributed by atoms with E-state index < -0.39 is 0 Å². The first-order chi connectivity index (χ1) is 4.93. The molecule has 10 heavy (non-hydrogen) atoms. The van der Waals surface area contributed by atoms with Crippen LogP contribution in [-0.2, 0) is 6.42 Å². The maximum atomic E-state index is 4.10. The third-order valence-electron chi connectivity index (χ3n) is 1.33. The largest absolute Gasteiger partial charge is 0.257 e. The van der Waals surface area contributed by atoms with Crippen LogP contribution < -0.4 is 0 Å². The summed E-state index contributed by atoms with van der Waals surface area (Å²) in [6.45, 7) is 2.16. The first-order valence-electron chi connectivity index (χ1n) is 3.61. The van der Waals surface area contributed by atoms with Gasteiger partial charge >= 0.3 is 0 Å². The second kappa shape index (κ2) is 3.99. The molecule has 2 nitrogen and oxygen atoms in total. The summed E-state index contributed by atoms with van der Waals surface area (Å²) in [6.07, 6.45) is 9.58. The van der Waals surface area contributed by atoms with Crippen molar-refractivity contribution in [2.75, 3.05) is 0 Å². The van der Waals surface area contributed by atoms with Crippen molar-refractivity contribution in [1.82, 2.24) is 9.97 Å². The van der Waals surface area contributed by atoms with Crippen LogP contribution >= 0.6 is 0 Å². The maximum Gasteiger partial charge on any atom is 0.112 e. The summed E-state index contributed by atoms with van der Waals surface area (Å²) in [4.78, 5) is 7.95. The van der Waals surface area contributed by atoms with Crippen molar-refractivity contribution in [3.05, 3.63) is 24.3 Å². The Kier molecular flexibility index (Phi) is 2.87. The van der Waals surface area contributed by atoms with Crippen molar-refractivity contribution in [3.8, 4) is 0 Å². The van der Waals surface area contributed by atoms with Crippen LogP contribution in [0.25, 0.3) is 0 Å². The van der Waals surface area contributed by atoms with Crippen LogP contribution in [0.15, 0.2) is 12.4 Å². The van der Waals surface area contributed by atoms with E-state index in [1.807, 2.05) is 0 Å². The molecule has 0 bridgehead atoms. The molecule has 0 saturated carbocycles. The summed E-state index contributed by atoms with van der Waals surface area (Å²) in [6, 6.07) is 0. The van der Waals surface area contributed by atoms with E-state index in [-0.39, 0.29) is 0 Å². The third kappa shape index (κ3) is 2.13. The van der Waals surface area contributed by atoms with Crippen LogP contribution in [0.3, 0.4) is 0 Å². The van der Waals surface area contributed by atoms with Gasteiger partial charge in [0.2, 0.25) is 0 Å². The van der Waals surface area contributed by atoms with Gasteiger partial charge < -0.3 is 0 Å². The second-order valence-electron chi connectivity index (χ2n) is 2.22. The maximum absolute atomic E-state index is 4.10. The van der Waals surface area contributed by atoms with Crippen LogP contribution in [-0.4, -0.2) is 9.97 Å². The fourth-order valence-electron chi connectivity index (χ4n) is 0.762. The van der Waals surface area contributed by atoms with Gasteiger partial charge in [0.1, 0.15) is 6.20 Å². The minimum Gasteiger partial charge on any atom is -0.257 e. The predicted octanol–water partition coefficient (Wildman–Crippen LogP) is 1.62. The fourth-order valence-corrected chi connectivity index (χ4v) is 0.762. The Morgan fingerprint density at radius 2 is 2.40 bits per heavy atom. The lowest BCUT2D eigenvalue weighted by Gasteiger charge is -1.93. The highest BCUT2D eigenvalue weighted by Gasteiger charge is 1.90. The van der Waals surface area contributed by atoms with Gasteiger partial charge in [-0.15, -0.1) is 0 Å². The molecule has 0 aromatic carbocycles. The Balaban J connectivity index is 2.43. The Morgan fingerprint density at radius 1 is 1.50 bits per heavy atom. The Morgan fingerprint density at radius 3 is 3.00 bits per heavy atom. The molecule has 0 unspecified atom stereocenters. The monoisotopic (exact) mass is 135 g/mol. The number of rotatable bonds is 3. The number of aryl methyl sites for hydroxylation is 1. The summed E-state index contributed by atoms with van der Waals surface area (Å²) in [7, 11) is 0. The minimum atomic E-state index is 0.976. The van der Waals surface area contributed by atoms with Gasteiger partial charge in [0.05, 0.1) is 5.69 Å². The minimum absolute atomic E-state index is 0.976. The molecular weight excluding hydrogens is 124 g/mol. The van der Waals surface area contributed by atoms with Gasteiger partial charge in [-0.3, -0.25) is 9.97 Å². The highest BCUT2D eigenvalue weighted by molar-refractivity contribution is 4.91. The lowest BCUT2D eigenvalue weighted by molar-refractivity contribution is 0.770. The molecule has 0 amide bonds. The third-order valence-corrected chi connectivity index (χ3v) is 1.33. The Labute approximate surface area is 61.3 Å². The molecule has 0 aliphatic rings. The summed E-state index contributed by atoms with van der Waals surface area (Å²) >= 11 is 0. The average Bonchev–Trinajstić information content (AvgIpc) is 2.03. The van der Waals surface area contributed by atoms with Crippen LogP contribution in [0, 0.1) is 6.20 Å². The normalized spacial score (nSPS) is 9.70. The molecule has 0 fully saturated rings. The van der Waals surface area contributed by atoms with E-state index >= 15 is 0 Å². The lowest BCUT2D eigenvalue weighted by atomic mass is 10.2. The van der Waals surface area contributed by atoms with Crippen molar-refractivity contribution >= 4 is 0 Å². The van der Waals surface area contributed by atoms with Crippen molar-refractivity contribution in [2.24, 2.45) is 0 Å². The van der Waals surface area contributed by atoms with Crippen LogP contribution in [0.1, 0.15) is 25.5 Å². The summed E-state index contributed by atoms with van der Waals surface area (Å²) in [5.41, 5.74) is 0.976. The van der Waals surface area contributed by atoms with Crippen molar-refractivity contribution in [3.63, 3.8) is 0 Å². The van der Waals surface area contributed by atoms with E-state index in [2.05, 4.69) is 23.1 Å². The van der Waals surface area contributed by atoms with Gasteiger partial charge in [-0.2, -0.15) is 0 Å². The topological polar surface area (TPSA) is 25.8 Å². The van der Waals surface area contributed by atoms with E-state index in [1.165, 1.54) is 12.8 Å². The van der Waals surface area contributed by atoms with Crippen molar-refractivity contribution in [1.29, 1.82) is 0 Å².